The minimum absolute atomic E-state index is 0.210. The van der Waals surface area contributed by atoms with Gasteiger partial charge in [-0.05, 0) is 35.9 Å². The molecule has 0 bridgehead atoms. The topological polar surface area (TPSA) is 104 Å². The van der Waals surface area contributed by atoms with Gasteiger partial charge in [0.05, 0.1) is 24.6 Å². The molecule has 8 nitrogen and oxygen atoms in total. The molecule has 0 saturated carbocycles. The molecule has 3 N–H and O–H groups in total. The van der Waals surface area contributed by atoms with E-state index in [4.69, 9.17) is 14.9 Å². The SMILES string of the molecule is COc1cc(Nc2nc(N)n(-c3ccc(-c4ccccc4F)cc3)n2)ccc1-c1cnco1. The number of nitrogen functional groups attached to an aromatic ring is 1. The molecule has 5 aromatic rings. The Bertz CT molecular complexity index is 1400. The molecule has 3 aromatic carbocycles. The predicted molar refractivity (Wildman–Crippen MR) is 123 cm³/mol. The van der Waals surface area contributed by atoms with Crippen LogP contribution in [0, 0.1) is 5.82 Å². The molecule has 0 atom stereocenters. The van der Waals surface area contributed by atoms with Gasteiger partial charge < -0.3 is 20.2 Å². The first-order valence-corrected chi connectivity index (χ1v) is 10.0. The van der Waals surface area contributed by atoms with Gasteiger partial charge in [-0.3, -0.25) is 0 Å². The highest BCUT2D eigenvalue weighted by Gasteiger charge is 2.13. The van der Waals surface area contributed by atoms with Gasteiger partial charge in [-0.2, -0.15) is 9.67 Å². The van der Waals surface area contributed by atoms with Crippen LogP contribution in [0.15, 0.2) is 83.7 Å². The molecule has 33 heavy (non-hydrogen) atoms. The zero-order valence-corrected chi connectivity index (χ0v) is 17.6. The van der Waals surface area contributed by atoms with Crippen molar-refractivity contribution in [2.24, 2.45) is 0 Å². The Balaban J connectivity index is 1.39. The number of hydrogen-bond donors (Lipinski definition) is 2. The predicted octanol–water partition coefficient (Wildman–Crippen LogP) is 5.06. The monoisotopic (exact) mass is 442 g/mol. The van der Waals surface area contributed by atoms with Crippen molar-refractivity contribution in [2.45, 2.75) is 0 Å². The average molecular weight is 442 g/mol. The van der Waals surface area contributed by atoms with Gasteiger partial charge in [0, 0.05) is 17.3 Å². The second-order valence-corrected chi connectivity index (χ2v) is 7.14. The second kappa shape index (κ2) is 8.46. The maximum atomic E-state index is 14.1. The van der Waals surface area contributed by atoms with Crippen LogP contribution in [0.3, 0.4) is 0 Å². The quantitative estimate of drug-likeness (QED) is 0.379. The van der Waals surface area contributed by atoms with Gasteiger partial charge in [0.15, 0.2) is 12.2 Å². The molecular formula is C24H19FN6O2. The lowest BCUT2D eigenvalue weighted by atomic mass is 10.1. The average Bonchev–Trinajstić information content (AvgIpc) is 3.49. The molecule has 0 unspecified atom stereocenters. The summed E-state index contributed by atoms with van der Waals surface area (Å²) in [5, 5.41) is 7.58. The Morgan fingerprint density at radius 3 is 2.58 bits per heavy atom. The number of rotatable bonds is 6. The fourth-order valence-corrected chi connectivity index (χ4v) is 3.50. The maximum Gasteiger partial charge on any atom is 0.248 e. The Morgan fingerprint density at radius 1 is 1.03 bits per heavy atom. The van der Waals surface area contributed by atoms with Crippen LogP contribution in [-0.4, -0.2) is 26.9 Å². The van der Waals surface area contributed by atoms with Crippen molar-refractivity contribution in [1.82, 2.24) is 19.7 Å². The van der Waals surface area contributed by atoms with E-state index < -0.39 is 0 Å². The van der Waals surface area contributed by atoms with E-state index in [1.54, 1.807) is 37.6 Å². The first-order valence-electron chi connectivity index (χ1n) is 10.0. The lowest BCUT2D eigenvalue weighted by molar-refractivity contribution is 0.415. The number of anilines is 3. The van der Waals surface area contributed by atoms with E-state index in [2.05, 4.69) is 20.4 Å². The van der Waals surface area contributed by atoms with Gasteiger partial charge in [-0.15, -0.1) is 5.10 Å². The molecule has 2 aromatic heterocycles. The third-order valence-electron chi connectivity index (χ3n) is 5.08. The Kier molecular flexibility index (Phi) is 5.19. The lowest BCUT2D eigenvalue weighted by Gasteiger charge is -2.09. The van der Waals surface area contributed by atoms with Crippen molar-refractivity contribution in [1.29, 1.82) is 0 Å². The van der Waals surface area contributed by atoms with E-state index in [9.17, 15) is 4.39 Å². The number of aromatic nitrogens is 4. The van der Waals surface area contributed by atoms with Crippen molar-refractivity contribution in [3.8, 4) is 33.9 Å². The summed E-state index contributed by atoms with van der Waals surface area (Å²) in [6.45, 7) is 0. The highest BCUT2D eigenvalue weighted by atomic mass is 19.1. The van der Waals surface area contributed by atoms with Gasteiger partial charge in [0.2, 0.25) is 11.9 Å². The minimum Gasteiger partial charge on any atom is -0.496 e. The van der Waals surface area contributed by atoms with Crippen LogP contribution in [0.25, 0.3) is 28.1 Å². The molecule has 164 valence electrons. The fourth-order valence-electron chi connectivity index (χ4n) is 3.50. The minimum atomic E-state index is -0.276. The molecular weight excluding hydrogens is 423 g/mol. The first-order chi connectivity index (χ1) is 16.1. The summed E-state index contributed by atoms with van der Waals surface area (Å²) in [6.07, 6.45) is 2.98. The van der Waals surface area contributed by atoms with Gasteiger partial charge in [-0.25, -0.2) is 9.37 Å². The molecule has 9 heteroatoms. The van der Waals surface area contributed by atoms with E-state index in [0.29, 0.717) is 34.4 Å². The van der Waals surface area contributed by atoms with Crippen molar-refractivity contribution >= 4 is 17.6 Å². The molecule has 2 heterocycles. The van der Waals surface area contributed by atoms with Gasteiger partial charge in [-0.1, -0.05) is 30.3 Å². The van der Waals surface area contributed by atoms with Gasteiger partial charge in [0.1, 0.15) is 11.6 Å². The van der Waals surface area contributed by atoms with Crippen molar-refractivity contribution < 1.29 is 13.5 Å². The van der Waals surface area contributed by atoms with Crippen LogP contribution < -0.4 is 15.8 Å². The Morgan fingerprint density at radius 2 is 1.85 bits per heavy atom. The number of nitrogens with zero attached hydrogens (tertiary/aromatic N) is 4. The van der Waals surface area contributed by atoms with E-state index in [1.165, 1.54) is 17.1 Å². The molecule has 0 fully saturated rings. The van der Waals surface area contributed by atoms with E-state index in [0.717, 1.165) is 11.1 Å². The largest absolute Gasteiger partial charge is 0.496 e. The van der Waals surface area contributed by atoms with Crippen molar-refractivity contribution in [3.05, 3.63) is 85.1 Å². The maximum absolute atomic E-state index is 14.1. The van der Waals surface area contributed by atoms with E-state index >= 15 is 0 Å². The van der Waals surface area contributed by atoms with E-state index in [1.807, 2.05) is 36.4 Å². The zero-order chi connectivity index (χ0) is 22.8. The third kappa shape index (κ3) is 3.99. The number of ether oxygens (including phenoxy) is 1. The van der Waals surface area contributed by atoms with Crippen LogP contribution >= 0.6 is 0 Å². The lowest BCUT2D eigenvalue weighted by Crippen LogP contribution is -2.02. The second-order valence-electron chi connectivity index (χ2n) is 7.14. The van der Waals surface area contributed by atoms with E-state index in [-0.39, 0.29) is 11.8 Å². The van der Waals surface area contributed by atoms with Crippen LogP contribution in [0.4, 0.5) is 22.0 Å². The summed E-state index contributed by atoms with van der Waals surface area (Å²) in [7, 11) is 1.58. The van der Waals surface area contributed by atoms with Crippen LogP contribution in [0.2, 0.25) is 0 Å². The number of nitrogens with two attached hydrogens (primary N) is 1. The first kappa shape index (κ1) is 20.3. The van der Waals surface area contributed by atoms with Crippen LogP contribution in [0.5, 0.6) is 5.75 Å². The Labute approximate surface area is 188 Å². The summed E-state index contributed by atoms with van der Waals surface area (Å²) in [4.78, 5) is 8.23. The summed E-state index contributed by atoms with van der Waals surface area (Å²) < 4.78 is 26.4. The highest BCUT2D eigenvalue weighted by Crippen LogP contribution is 2.33. The number of hydrogen-bond acceptors (Lipinski definition) is 7. The van der Waals surface area contributed by atoms with Crippen LogP contribution in [0.1, 0.15) is 0 Å². The van der Waals surface area contributed by atoms with Crippen molar-refractivity contribution in [3.63, 3.8) is 0 Å². The molecule has 0 spiro atoms. The molecule has 5 rings (SSSR count). The van der Waals surface area contributed by atoms with Gasteiger partial charge >= 0.3 is 0 Å². The third-order valence-corrected chi connectivity index (χ3v) is 5.08. The number of nitrogens with one attached hydrogen (secondary N) is 1. The summed E-state index contributed by atoms with van der Waals surface area (Å²) in [5.41, 5.74) is 9.56. The standard InChI is InChI=1S/C24H19FN6O2/c1-32-21-12-16(8-11-19(21)22-13-27-14-33-22)28-24-29-23(26)31(30-24)17-9-6-15(7-10-17)18-4-2-3-5-20(18)25/h2-14H,1H3,(H3,26,28,29,30). The molecule has 0 radical (unpaired) electrons. The molecule has 0 aliphatic carbocycles. The number of halogens is 1. The van der Waals surface area contributed by atoms with Crippen LogP contribution in [-0.2, 0) is 0 Å². The Hall–Kier alpha value is -4.66. The van der Waals surface area contributed by atoms with Crippen molar-refractivity contribution in [2.75, 3.05) is 18.2 Å². The number of oxazole rings is 1. The number of methoxy groups -OCH3 is 1. The highest BCUT2D eigenvalue weighted by molar-refractivity contribution is 5.71. The number of benzene rings is 3. The summed E-state index contributed by atoms with van der Waals surface area (Å²) in [5.74, 6) is 1.46. The summed E-state index contributed by atoms with van der Waals surface area (Å²) in [6, 6.07) is 19.4. The fraction of sp³-hybridized carbons (Fsp3) is 0.0417. The smallest absolute Gasteiger partial charge is 0.248 e. The van der Waals surface area contributed by atoms with Gasteiger partial charge in [0.25, 0.3) is 0 Å². The molecule has 0 aliphatic heterocycles. The molecule has 0 amide bonds. The molecule has 0 aliphatic rings. The normalized spacial score (nSPS) is 10.8. The zero-order valence-electron chi connectivity index (χ0n) is 17.6. The molecule has 0 saturated heterocycles. The summed E-state index contributed by atoms with van der Waals surface area (Å²) >= 11 is 0.